The van der Waals surface area contributed by atoms with Gasteiger partial charge >= 0.3 is 0 Å². The highest BCUT2D eigenvalue weighted by Crippen LogP contribution is 2.42. The minimum Gasteiger partial charge on any atom is -0.493 e. The van der Waals surface area contributed by atoms with Gasteiger partial charge in [0.1, 0.15) is 5.78 Å². The van der Waals surface area contributed by atoms with E-state index < -0.39 is 0 Å². The molecule has 8 heteroatoms. The summed E-state index contributed by atoms with van der Waals surface area (Å²) in [4.78, 5) is 43.0. The maximum absolute atomic E-state index is 12.7. The van der Waals surface area contributed by atoms with Crippen LogP contribution in [0.3, 0.4) is 0 Å². The molecule has 0 radical (unpaired) electrons. The van der Waals surface area contributed by atoms with Crippen LogP contribution in [0.1, 0.15) is 39.3 Å². The van der Waals surface area contributed by atoms with Crippen LogP contribution in [-0.4, -0.2) is 61.8 Å². The summed E-state index contributed by atoms with van der Waals surface area (Å²) >= 11 is 0. The average Bonchev–Trinajstić information content (AvgIpc) is 2.90. The van der Waals surface area contributed by atoms with Crippen molar-refractivity contribution in [3.63, 3.8) is 0 Å². The zero-order valence-electron chi connectivity index (χ0n) is 19.9. The van der Waals surface area contributed by atoms with E-state index in [9.17, 15) is 14.4 Å². The molecule has 0 spiro atoms. The zero-order chi connectivity index (χ0) is 24.9. The molecule has 1 aliphatic rings. The lowest BCUT2D eigenvalue weighted by Gasteiger charge is -2.26. The standard InChI is InChI=1S/C27H26N2O6/c1-33-24-16-22-21(25(34-2)26(24)35-3)10-8-19(28-22)9-11-23(31)17-4-6-18(7-5-17)27(32)29-14-12-20(30)13-15-29/h4-11,16H,12-15H2,1-3H3/b11-9+. The summed E-state index contributed by atoms with van der Waals surface area (Å²) in [6.07, 6.45) is 3.86. The van der Waals surface area contributed by atoms with Crippen molar-refractivity contribution >= 4 is 34.5 Å². The van der Waals surface area contributed by atoms with Crippen LogP contribution >= 0.6 is 0 Å². The number of rotatable bonds is 7. The van der Waals surface area contributed by atoms with E-state index in [1.165, 1.54) is 13.2 Å². The van der Waals surface area contributed by atoms with Gasteiger partial charge in [-0.3, -0.25) is 14.4 Å². The lowest BCUT2D eigenvalue weighted by molar-refractivity contribution is -0.120. The second kappa shape index (κ2) is 10.4. The summed E-state index contributed by atoms with van der Waals surface area (Å²) in [5.41, 5.74) is 2.18. The van der Waals surface area contributed by atoms with E-state index in [-0.39, 0.29) is 17.5 Å². The van der Waals surface area contributed by atoms with E-state index in [0.29, 0.717) is 65.5 Å². The number of benzene rings is 2. The Labute approximate surface area is 203 Å². The normalized spacial score (nSPS) is 13.8. The number of pyridine rings is 1. The fourth-order valence-corrected chi connectivity index (χ4v) is 4.03. The largest absolute Gasteiger partial charge is 0.493 e. The van der Waals surface area contributed by atoms with Crippen molar-refractivity contribution in [2.45, 2.75) is 12.8 Å². The van der Waals surface area contributed by atoms with E-state index in [2.05, 4.69) is 4.98 Å². The van der Waals surface area contributed by atoms with Gasteiger partial charge in [-0.2, -0.15) is 0 Å². The molecule has 2 aromatic carbocycles. The van der Waals surface area contributed by atoms with Crippen LogP contribution in [-0.2, 0) is 4.79 Å². The fraction of sp³-hybridized carbons (Fsp3) is 0.259. The van der Waals surface area contributed by atoms with Crippen molar-refractivity contribution in [3.05, 3.63) is 65.4 Å². The molecule has 0 unspecified atom stereocenters. The maximum Gasteiger partial charge on any atom is 0.253 e. The molecule has 1 aromatic heterocycles. The number of carbonyl (C=O) groups is 3. The topological polar surface area (TPSA) is 95.0 Å². The summed E-state index contributed by atoms with van der Waals surface area (Å²) in [7, 11) is 4.63. The Morgan fingerprint density at radius 3 is 2.17 bits per heavy atom. The molecule has 8 nitrogen and oxygen atoms in total. The number of methoxy groups -OCH3 is 3. The van der Waals surface area contributed by atoms with Crippen LogP contribution < -0.4 is 14.2 Å². The van der Waals surface area contributed by atoms with E-state index in [1.807, 2.05) is 6.07 Å². The highest BCUT2D eigenvalue weighted by atomic mass is 16.5. The van der Waals surface area contributed by atoms with Crippen LogP contribution in [0, 0.1) is 0 Å². The number of carbonyl (C=O) groups excluding carboxylic acids is 3. The Bertz CT molecular complexity index is 1300. The van der Waals surface area contributed by atoms with Gasteiger partial charge in [-0.1, -0.05) is 12.1 Å². The average molecular weight is 475 g/mol. The molecule has 35 heavy (non-hydrogen) atoms. The highest BCUT2D eigenvalue weighted by molar-refractivity contribution is 6.07. The van der Waals surface area contributed by atoms with E-state index in [0.717, 1.165) is 5.39 Å². The number of ether oxygens (including phenoxy) is 3. The summed E-state index contributed by atoms with van der Waals surface area (Å²) in [5.74, 6) is 1.34. The number of ketones is 2. The first-order valence-electron chi connectivity index (χ1n) is 11.2. The SMILES string of the molecule is COc1cc2nc(/C=C/C(=O)c3ccc(C(=O)N4CCC(=O)CC4)cc3)ccc2c(OC)c1OC. The Hall–Kier alpha value is -4.20. The Morgan fingerprint density at radius 1 is 0.886 bits per heavy atom. The quantitative estimate of drug-likeness (QED) is 0.378. The Balaban J connectivity index is 1.50. The van der Waals surface area contributed by atoms with Crippen LogP contribution in [0.15, 0.2) is 48.5 Å². The number of fused-ring (bicyclic) bond motifs is 1. The number of hydrogen-bond acceptors (Lipinski definition) is 7. The van der Waals surface area contributed by atoms with Gasteiger partial charge in [-0.15, -0.1) is 0 Å². The molecule has 0 atom stereocenters. The first kappa shape index (κ1) is 23.9. The molecule has 1 aliphatic heterocycles. The zero-order valence-corrected chi connectivity index (χ0v) is 19.9. The summed E-state index contributed by atoms with van der Waals surface area (Å²) < 4.78 is 16.3. The third kappa shape index (κ3) is 5.01. The van der Waals surface area contributed by atoms with E-state index in [4.69, 9.17) is 14.2 Å². The summed E-state index contributed by atoms with van der Waals surface area (Å²) in [6.45, 7) is 0.870. The van der Waals surface area contributed by atoms with Crippen LogP contribution in [0.4, 0.5) is 0 Å². The predicted molar refractivity (Wildman–Crippen MR) is 131 cm³/mol. The second-order valence-electron chi connectivity index (χ2n) is 8.05. The Kier molecular flexibility index (Phi) is 7.10. The van der Waals surface area contributed by atoms with Gasteiger partial charge in [0, 0.05) is 48.5 Å². The third-order valence-electron chi connectivity index (χ3n) is 5.95. The molecule has 1 fully saturated rings. The third-order valence-corrected chi connectivity index (χ3v) is 5.95. The maximum atomic E-state index is 12.7. The van der Waals surface area contributed by atoms with Gasteiger partial charge in [0.2, 0.25) is 5.75 Å². The summed E-state index contributed by atoms with van der Waals surface area (Å²) in [5, 5.41) is 0.756. The minimum atomic E-state index is -0.209. The molecule has 3 aromatic rings. The molecular formula is C27H26N2O6. The van der Waals surface area contributed by atoms with Crippen LogP contribution in [0.5, 0.6) is 17.2 Å². The number of Topliss-reactive ketones (excluding diaryl/α,β-unsaturated/α-hetero) is 1. The van der Waals surface area contributed by atoms with Crippen molar-refractivity contribution in [1.82, 2.24) is 9.88 Å². The molecule has 0 aliphatic carbocycles. The predicted octanol–water partition coefficient (Wildman–Crippen LogP) is 3.96. The van der Waals surface area contributed by atoms with Gasteiger partial charge in [-0.05, 0) is 36.4 Å². The van der Waals surface area contributed by atoms with Crippen LogP contribution in [0.25, 0.3) is 17.0 Å². The second-order valence-corrected chi connectivity index (χ2v) is 8.05. The van der Waals surface area contributed by atoms with Gasteiger partial charge in [0.15, 0.2) is 17.3 Å². The van der Waals surface area contributed by atoms with Crippen molar-refractivity contribution in [3.8, 4) is 17.2 Å². The minimum absolute atomic E-state index is 0.130. The van der Waals surface area contributed by atoms with Gasteiger partial charge in [-0.25, -0.2) is 4.98 Å². The molecule has 2 heterocycles. The number of piperidine rings is 1. The summed E-state index contributed by atoms with van der Waals surface area (Å²) in [6, 6.07) is 11.9. The molecular weight excluding hydrogens is 448 g/mol. The highest BCUT2D eigenvalue weighted by Gasteiger charge is 2.22. The van der Waals surface area contributed by atoms with Gasteiger partial charge in [0.25, 0.3) is 5.91 Å². The molecule has 1 amide bonds. The van der Waals surface area contributed by atoms with Gasteiger partial charge < -0.3 is 19.1 Å². The van der Waals surface area contributed by atoms with E-state index in [1.54, 1.807) is 61.6 Å². The molecule has 0 bridgehead atoms. The smallest absolute Gasteiger partial charge is 0.253 e. The number of aromatic nitrogens is 1. The lowest BCUT2D eigenvalue weighted by atomic mass is 10.0. The number of nitrogens with zero attached hydrogens (tertiary/aromatic N) is 2. The molecule has 0 saturated carbocycles. The van der Waals surface area contributed by atoms with Crippen LogP contribution in [0.2, 0.25) is 0 Å². The number of amides is 1. The lowest BCUT2D eigenvalue weighted by Crippen LogP contribution is -2.38. The molecule has 0 N–H and O–H groups in total. The Morgan fingerprint density at radius 2 is 1.54 bits per heavy atom. The van der Waals surface area contributed by atoms with Gasteiger partial charge in [0.05, 0.1) is 32.5 Å². The first-order chi connectivity index (χ1) is 16.9. The number of likely N-dealkylation sites (tertiary alicyclic amines) is 1. The number of allylic oxidation sites excluding steroid dienone is 1. The number of hydrogen-bond donors (Lipinski definition) is 0. The van der Waals surface area contributed by atoms with E-state index >= 15 is 0 Å². The van der Waals surface area contributed by atoms with Crippen molar-refractivity contribution in [1.29, 1.82) is 0 Å². The van der Waals surface area contributed by atoms with Crippen molar-refractivity contribution < 1.29 is 28.6 Å². The first-order valence-corrected chi connectivity index (χ1v) is 11.2. The van der Waals surface area contributed by atoms with Crippen molar-refractivity contribution in [2.75, 3.05) is 34.4 Å². The molecule has 1 saturated heterocycles. The van der Waals surface area contributed by atoms with Crippen molar-refractivity contribution in [2.24, 2.45) is 0 Å². The fourth-order valence-electron chi connectivity index (χ4n) is 4.03. The molecule has 180 valence electrons. The molecule has 4 rings (SSSR count). The monoisotopic (exact) mass is 474 g/mol.